The summed E-state index contributed by atoms with van der Waals surface area (Å²) in [6.45, 7) is 6.66. The van der Waals surface area contributed by atoms with Crippen LogP contribution in [0.2, 0.25) is 0 Å². The van der Waals surface area contributed by atoms with Crippen LogP contribution < -0.4 is 0 Å². The quantitative estimate of drug-likeness (QED) is 0.103. The van der Waals surface area contributed by atoms with Crippen molar-refractivity contribution < 1.29 is 0 Å². The van der Waals surface area contributed by atoms with Crippen LogP contribution in [0.1, 0.15) is 30.0 Å². The fraction of sp³-hybridized carbons (Fsp3) is 0.0678. The molecule has 0 radical (unpaired) electrons. The van der Waals surface area contributed by atoms with Gasteiger partial charge in [-0.3, -0.25) is 4.99 Å². The average molecular weight is 828 g/mol. The molecular formula is C59H45N3S. The number of nitrogens with zero attached hydrogens (tertiary/aromatic N) is 3. The standard InChI is InChI=1S/C59H45N3S/c1-59(34-32-45(33-35-59)42-17-6-3-7-18-42)58(60-2)62-57(47-30-28-46(29-31-47)52-25-15-26-54-53-24-12-13-27-55(53)63-56(52)54)61-40-41-16-14-23-48(36-41)51-38-49(43-19-8-4-9-20-43)37-50(39-51)44-21-10-5-11-22-44/h3-34,36-39H,2,35,40H2,1H3. The first-order valence-electron chi connectivity index (χ1n) is 21.4. The summed E-state index contributed by atoms with van der Waals surface area (Å²) < 4.78 is 2.59. The Morgan fingerprint density at radius 2 is 1.14 bits per heavy atom. The van der Waals surface area contributed by atoms with Crippen molar-refractivity contribution in [2.75, 3.05) is 0 Å². The molecule has 3 nitrogen and oxygen atoms in total. The summed E-state index contributed by atoms with van der Waals surface area (Å²) in [4.78, 5) is 15.2. The third-order valence-corrected chi connectivity index (χ3v) is 13.3. The van der Waals surface area contributed by atoms with Crippen molar-refractivity contribution in [2.24, 2.45) is 20.4 Å². The fourth-order valence-electron chi connectivity index (χ4n) is 8.56. The lowest BCUT2D eigenvalue weighted by atomic mass is 9.79. The van der Waals surface area contributed by atoms with E-state index in [-0.39, 0.29) is 0 Å². The summed E-state index contributed by atoms with van der Waals surface area (Å²) in [5, 5.41) is 2.58. The zero-order chi connectivity index (χ0) is 42.6. The molecule has 1 aliphatic carbocycles. The van der Waals surface area contributed by atoms with Crippen molar-refractivity contribution in [1.29, 1.82) is 0 Å². The van der Waals surface area contributed by atoms with Gasteiger partial charge in [0.2, 0.25) is 0 Å². The summed E-state index contributed by atoms with van der Waals surface area (Å²) >= 11 is 1.85. The van der Waals surface area contributed by atoms with Gasteiger partial charge in [-0.15, -0.1) is 11.3 Å². The van der Waals surface area contributed by atoms with Crippen LogP contribution in [0.25, 0.3) is 70.3 Å². The second kappa shape index (κ2) is 17.4. The Balaban J connectivity index is 1.02. The van der Waals surface area contributed by atoms with Crippen LogP contribution >= 0.6 is 11.3 Å². The van der Waals surface area contributed by atoms with Crippen molar-refractivity contribution in [3.05, 3.63) is 235 Å². The van der Waals surface area contributed by atoms with Gasteiger partial charge in [-0.1, -0.05) is 188 Å². The summed E-state index contributed by atoms with van der Waals surface area (Å²) in [6.07, 6.45) is 7.41. The number of aliphatic imine (C=N–C) groups is 3. The van der Waals surface area contributed by atoms with E-state index in [0.717, 1.165) is 34.2 Å². The maximum atomic E-state index is 5.29. The number of amidine groups is 2. The molecule has 302 valence electrons. The van der Waals surface area contributed by atoms with E-state index in [4.69, 9.17) is 9.98 Å². The Hall–Kier alpha value is -7.53. The van der Waals surface area contributed by atoms with Crippen LogP contribution in [-0.2, 0) is 6.54 Å². The van der Waals surface area contributed by atoms with E-state index in [9.17, 15) is 0 Å². The third-order valence-electron chi connectivity index (χ3n) is 12.0. The topological polar surface area (TPSA) is 37.1 Å². The highest BCUT2D eigenvalue weighted by atomic mass is 32.1. The number of benzene rings is 8. The molecule has 1 atom stereocenters. The van der Waals surface area contributed by atoms with E-state index in [1.54, 1.807) is 0 Å². The first-order chi connectivity index (χ1) is 31.0. The normalized spacial score (nSPS) is 15.4. The number of fused-ring (bicyclic) bond motifs is 3. The van der Waals surface area contributed by atoms with Gasteiger partial charge in [0.15, 0.2) is 5.84 Å². The van der Waals surface area contributed by atoms with Gasteiger partial charge >= 0.3 is 0 Å². The zero-order valence-corrected chi connectivity index (χ0v) is 36.0. The Morgan fingerprint density at radius 1 is 0.556 bits per heavy atom. The van der Waals surface area contributed by atoms with Crippen LogP contribution in [-0.4, -0.2) is 18.4 Å². The van der Waals surface area contributed by atoms with E-state index in [1.165, 1.54) is 59.1 Å². The number of hydrogen-bond acceptors (Lipinski definition) is 2. The van der Waals surface area contributed by atoms with Crippen molar-refractivity contribution in [2.45, 2.75) is 19.9 Å². The minimum Gasteiger partial charge on any atom is -0.261 e. The lowest BCUT2D eigenvalue weighted by Crippen LogP contribution is -2.26. The van der Waals surface area contributed by atoms with Crippen molar-refractivity contribution in [3.8, 4) is 44.5 Å². The maximum absolute atomic E-state index is 5.29. The molecule has 0 saturated heterocycles. The molecule has 0 amide bonds. The number of rotatable bonds is 9. The summed E-state index contributed by atoms with van der Waals surface area (Å²) in [5.41, 5.74) is 13.3. The number of allylic oxidation sites excluding steroid dienone is 3. The number of hydrogen-bond donors (Lipinski definition) is 0. The largest absolute Gasteiger partial charge is 0.261 e. The smallest absolute Gasteiger partial charge is 0.157 e. The highest BCUT2D eigenvalue weighted by Crippen LogP contribution is 2.40. The molecule has 1 heterocycles. The van der Waals surface area contributed by atoms with E-state index < -0.39 is 5.41 Å². The van der Waals surface area contributed by atoms with E-state index in [1.807, 2.05) is 17.4 Å². The monoisotopic (exact) mass is 827 g/mol. The van der Waals surface area contributed by atoms with Gasteiger partial charge in [-0.05, 0) is 112 Å². The van der Waals surface area contributed by atoms with Gasteiger partial charge in [0.05, 0.1) is 6.54 Å². The molecule has 1 aliphatic rings. The van der Waals surface area contributed by atoms with Gasteiger partial charge in [0.1, 0.15) is 5.84 Å². The van der Waals surface area contributed by atoms with Crippen molar-refractivity contribution >= 4 is 55.5 Å². The van der Waals surface area contributed by atoms with Gasteiger partial charge in [0.25, 0.3) is 0 Å². The summed E-state index contributed by atoms with van der Waals surface area (Å²) in [5.74, 6) is 1.26. The molecule has 0 N–H and O–H groups in total. The Bertz CT molecular complexity index is 3170. The third kappa shape index (κ3) is 8.29. The predicted molar refractivity (Wildman–Crippen MR) is 271 cm³/mol. The maximum Gasteiger partial charge on any atom is 0.157 e. The molecule has 10 rings (SSSR count). The predicted octanol–water partition coefficient (Wildman–Crippen LogP) is 15.8. The summed E-state index contributed by atoms with van der Waals surface area (Å²) in [6, 6.07) is 71.2. The van der Waals surface area contributed by atoms with E-state index >= 15 is 0 Å². The molecule has 0 bridgehead atoms. The molecule has 1 aromatic heterocycles. The van der Waals surface area contributed by atoms with Gasteiger partial charge in [-0.25, -0.2) is 9.98 Å². The highest BCUT2D eigenvalue weighted by Gasteiger charge is 2.30. The SMILES string of the molecule is C=NC(=NC(=NCc1cccc(-c2cc(-c3ccccc3)cc(-c3ccccc3)c2)c1)c1ccc(-c2cccc3c2sc2ccccc23)cc1)C1(C)C=CC(c2ccccc2)=CC1. The van der Waals surface area contributed by atoms with Crippen LogP contribution in [0, 0.1) is 5.41 Å². The average Bonchev–Trinajstić information content (AvgIpc) is 3.74. The van der Waals surface area contributed by atoms with Gasteiger partial charge < -0.3 is 0 Å². The van der Waals surface area contributed by atoms with Gasteiger partial charge in [-0.2, -0.15) is 0 Å². The first kappa shape index (κ1) is 39.6. The lowest BCUT2D eigenvalue weighted by molar-refractivity contribution is 0.598. The second-order valence-electron chi connectivity index (χ2n) is 16.3. The fourth-order valence-corrected chi connectivity index (χ4v) is 9.79. The Morgan fingerprint density at radius 3 is 1.79 bits per heavy atom. The number of thiophene rings is 1. The molecule has 0 fully saturated rings. The van der Waals surface area contributed by atoms with Crippen LogP contribution in [0.4, 0.5) is 0 Å². The molecule has 1 unspecified atom stereocenters. The van der Waals surface area contributed by atoms with Crippen LogP contribution in [0.3, 0.4) is 0 Å². The lowest BCUT2D eigenvalue weighted by Gasteiger charge is -2.27. The summed E-state index contributed by atoms with van der Waals surface area (Å²) in [7, 11) is 0. The van der Waals surface area contributed by atoms with Crippen molar-refractivity contribution in [1.82, 2.24) is 0 Å². The minimum absolute atomic E-state index is 0.439. The van der Waals surface area contributed by atoms with Crippen LogP contribution in [0.5, 0.6) is 0 Å². The van der Waals surface area contributed by atoms with E-state index in [2.05, 4.69) is 231 Å². The zero-order valence-electron chi connectivity index (χ0n) is 35.2. The first-order valence-corrected chi connectivity index (χ1v) is 22.2. The molecule has 0 saturated carbocycles. The Kier molecular flexibility index (Phi) is 11.0. The van der Waals surface area contributed by atoms with Crippen molar-refractivity contribution in [3.63, 3.8) is 0 Å². The Labute approximate surface area is 373 Å². The molecular weight excluding hydrogens is 783 g/mol. The molecule has 0 aliphatic heterocycles. The molecule has 4 heteroatoms. The second-order valence-corrected chi connectivity index (χ2v) is 17.4. The van der Waals surface area contributed by atoms with Crippen LogP contribution in [0.15, 0.2) is 233 Å². The van der Waals surface area contributed by atoms with E-state index in [0.29, 0.717) is 18.2 Å². The van der Waals surface area contributed by atoms with Gasteiger partial charge in [0, 0.05) is 31.2 Å². The molecule has 0 spiro atoms. The highest BCUT2D eigenvalue weighted by molar-refractivity contribution is 7.26. The minimum atomic E-state index is -0.461. The molecule has 63 heavy (non-hydrogen) atoms. The molecule has 8 aromatic carbocycles. The molecule has 9 aromatic rings.